The first-order valence-corrected chi connectivity index (χ1v) is 8.65. The largest absolute Gasteiger partial charge is 0.508 e. The van der Waals surface area contributed by atoms with Crippen LogP contribution in [0, 0.1) is 0 Å². The summed E-state index contributed by atoms with van der Waals surface area (Å²) in [6.07, 6.45) is 0.703. The van der Waals surface area contributed by atoms with E-state index < -0.39 is 11.5 Å². The molecular formula is C20H17NO7. The number of phenolic OH excluding ortho intramolecular Hbond substituents is 2. The van der Waals surface area contributed by atoms with E-state index in [0.717, 1.165) is 0 Å². The predicted octanol–water partition coefficient (Wildman–Crippen LogP) is 2.70. The van der Waals surface area contributed by atoms with Crippen LogP contribution >= 0.6 is 0 Å². The molecular weight excluding hydrogens is 366 g/mol. The molecule has 28 heavy (non-hydrogen) atoms. The van der Waals surface area contributed by atoms with Gasteiger partial charge in [0.05, 0.1) is 18.8 Å². The maximum atomic E-state index is 12.8. The van der Waals surface area contributed by atoms with Crippen LogP contribution in [-0.4, -0.2) is 47.5 Å². The molecule has 0 aliphatic carbocycles. The molecule has 0 atom stereocenters. The third-order valence-corrected chi connectivity index (χ3v) is 4.48. The molecule has 0 unspecified atom stereocenters. The molecule has 2 aromatic carbocycles. The number of aromatic hydroxyl groups is 2. The minimum Gasteiger partial charge on any atom is -0.508 e. The van der Waals surface area contributed by atoms with Crippen LogP contribution in [0.2, 0.25) is 0 Å². The fourth-order valence-corrected chi connectivity index (χ4v) is 3.02. The number of benzene rings is 2. The lowest BCUT2D eigenvalue weighted by Crippen LogP contribution is -2.42. The number of hydrogen-bond donors (Lipinski definition) is 2. The molecule has 0 saturated carbocycles. The molecule has 8 nitrogen and oxygen atoms in total. The van der Waals surface area contributed by atoms with Crippen molar-refractivity contribution in [3.05, 3.63) is 52.9 Å². The number of fused-ring (bicyclic) bond motifs is 1. The molecule has 1 fully saturated rings. The summed E-state index contributed by atoms with van der Waals surface area (Å²) in [5.74, 6) is -0.206. The van der Waals surface area contributed by atoms with Crippen LogP contribution in [0.1, 0.15) is 0 Å². The summed E-state index contributed by atoms with van der Waals surface area (Å²) < 4.78 is 16.0. The van der Waals surface area contributed by atoms with E-state index in [1.165, 1.54) is 35.4 Å². The molecule has 3 aromatic rings. The normalized spacial score (nSPS) is 14.2. The molecule has 0 bridgehead atoms. The van der Waals surface area contributed by atoms with E-state index in [1.807, 2.05) is 0 Å². The van der Waals surface area contributed by atoms with E-state index in [4.69, 9.17) is 13.9 Å². The molecule has 4 rings (SSSR count). The molecule has 0 spiro atoms. The highest BCUT2D eigenvalue weighted by atomic mass is 16.6. The molecule has 2 heterocycles. The summed E-state index contributed by atoms with van der Waals surface area (Å²) in [6, 6.07) is 8.64. The van der Waals surface area contributed by atoms with Crippen molar-refractivity contribution in [2.75, 3.05) is 26.3 Å². The highest BCUT2D eigenvalue weighted by Gasteiger charge is 2.20. The zero-order chi connectivity index (χ0) is 19.7. The van der Waals surface area contributed by atoms with E-state index in [9.17, 15) is 19.8 Å². The zero-order valence-corrected chi connectivity index (χ0v) is 14.8. The zero-order valence-electron chi connectivity index (χ0n) is 14.8. The Morgan fingerprint density at radius 3 is 2.50 bits per heavy atom. The van der Waals surface area contributed by atoms with Crippen LogP contribution in [0.5, 0.6) is 17.2 Å². The van der Waals surface area contributed by atoms with Gasteiger partial charge >= 0.3 is 6.09 Å². The van der Waals surface area contributed by atoms with Crippen molar-refractivity contribution in [1.29, 1.82) is 0 Å². The quantitative estimate of drug-likeness (QED) is 0.700. The Bertz CT molecular complexity index is 1080. The van der Waals surface area contributed by atoms with Gasteiger partial charge in [0.25, 0.3) is 0 Å². The number of amides is 1. The van der Waals surface area contributed by atoms with Gasteiger partial charge in [-0.2, -0.15) is 0 Å². The van der Waals surface area contributed by atoms with Crippen molar-refractivity contribution in [2.45, 2.75) is 0 Å². The van der Waals surface area contributed by atoms with E-state index in [-0.39, 0.29) is 33.8 Å². The Labute approximate surface area is 159 Å². The first kappa shape index (κ1) is 17.9. The van der Waals surface area contributed by atoms with Crippen LogP contribution < -0.4 is 10.2 Å². The Balaban J connectivity index is 1.68. The van der Waals surface area contributed by atoms with Crippen molar-refractivity contribution in [1.82, 2.24) is 4.90 Å². The van der Waals surface area contributed by atoms with Crippen LogP contribution in [0.15, 0.2) is 51.9 Å². The lowest BCUT2D eigenvalue weighted by molar-refractivity contribution is 0.0416. The number of ether oxygens (including phenoxy) is 2. The SMILES string of the molecule is O=C(Oc1cc(O)c2c(=O)c(-c3ccc(O)cc3)coc2c1)N1CCOCC1. The predicted molar refractivity (Wildman–Crippen MR) is 99.7 cm³/mol. The number of phenols is 2. The van der Waals surface area contributed by atoms with Gasteiger partial charge in [0.2, 0.25) is 5.43 Å². The third kappa shape index (κ3) is 3.37. The third-order valence-electron chi connectivity index (χ3n) is 4.48. The van der Waals surface area contributed by atoms with Crippen molar-refractivity contribution < 1.29 is 28.9 Å². The number of carbonyl (C=O) groups excluding carboxylic acids is 1. The van der Waals surface area contributed by atoms with Crippen LogP contribution in [0.25, 0.3) is 22.1 Å². The van der Waals surface area contributed by atoms with Crippen molar-refractivity contribution in [3.63, 3.8) is 0 Å². The average Bonchev–Trinajstić information content (AvgIpc) is 2.69. The van der Waals surface area contributed by atoms with Gasteiger partial charge in [-0.1, -0.05) is 12.1 Å². The topological polar surface area (TPSA) is 109 Å². The summed E-state index contributed by atoms with van der Waals surface area (Å²) in [5.41, 5.74) is 0.435. The minimum atomic E-state index is -0.565. The smallest absolute Gasteiger partial charge is 0.415 e. The number of morpholine rings is 1. The maximum Gasteiger partial charge on any atom is 0.415 e. The molecule has 1 aromatic heterocycles. The molecule has 2 N–H and O–H groups in total. The Hall–Kier alpha value is -3.52. The van der Waals surface area contributed by atoms with E-state index in [2.05, 4.69) is 0 Å². The second-order valence-electron chi connectivity index (χ2n) is 6.31. The first-order chi connectivity index (χ1) is 13.5. The lowest BCUT2D eigenvalue weighted by atomic mass is 10.0. The second kappa shape index (κ2) is 7.24. The number of carbonyl (C=O) groups is 1. The fraction of sp³-hybridized carbons (Fsp3) is 0.200. The van der Waals surface area contributed by atoms with E-state index in [1.54, 1.807) is 12.1 Å². The van der Waals surface area contributed by atoms with Gasteiger partial charge in [-0.25, -0.2) is 4.79 Å². The number of rotatable bonds is 2. The highest BCUT2D eigenvalue weighted by Crippen LogP contribution is 2.31. The fourth-order valence-electron chi connectivity index (χ4n) is 3.02. The molecule has 144 valence electrons. The van der Waals surface area contributed by atoms with Gasteiger partial charge in [0.1, 0.15) is 34.5 Å². The molecule has 8 heteroatoms. The minimum absolute atomic E-state index is 0.0169. The van der Waals surface area contributed by atoms with Gasteiger partial charge < -0.3 is 29.0 Å². The summed E-state index contributed by atoms with van der Waals surface area (Å²) in [5, 5.41) is 19.7. The average molecular weight is 383 g/mol. The van der Waals surface area contributed by atoms with Gasteiger partial charge in [-0.05, 0) is 17.7 Å². The number of hydrogen-bond acceptors (Lipinski definition) is 7. The number of nitrogens with zero attached hydrogens (tertiary/aromatic N) is 1. The maximum absolute atomic E-state index is 12.8. The Morgan fingerprint density at radius 1 is 1.07 bits per heavy atom. The van der Waals surface area contributed by atoms with Crippen molar-refractivity contribution in [2.24, 2.45) is 0 Å². The molecule has 0 radical (unpaired) electrons. The van der Waals surface area contributed by atoms with Crippen LogP contribution in [-0.2, 0) is 4.74 Å². The Kier molecular flexibility index (Phi) is 4.62. The standard InChI is InChI=1S/C20H17NO7/c22-13-3-1-12(2-4-13)15-11-27-17-10-14(9-16(23)18(17)19(15)24)28-20(25)21-5-7-26-8-6-21/h1-4,9-11,22-23H,5-8H2. The monoisotopic (exact) mass is 383 g/mol. The summed E-state index contributed by atoms with van der Waals surface area (Å²) in [6.45, 7) is 1.72. The molecule has 1 aliphatic heterocycles. The summed E-state index contributed by atoms with van der Waals surface area (Å²) in [4.78, 5) is 26.5. The Morgan fingerprint density at radius 2 is 1.79 bits per heavy atom. The molecule has 1 amide bonds. The first-order valence-electron chi connectivity index (χ1n) is 8.65. The van der Waals surface area contributed by atoms with Crippen LogP contribution in [0.4, 0.5) is 4.79 Å². The second-order valence-corrected chi connectivity index (χ2v) is 6.31. The summed E-state index contributed by atoms with van der Waals surface area (Å²) >= 11 is 0. The lowest BCUT2D eigenvalue weighted by Gasteiger charge is -2.25. The van der Waals surface area contributed by atoms with Gasteiger partial charge in [-0.15, -0.1) is 0 Å². The molecule has 1 saturated heterocycles. The highest BCUT2D eigenvalue weighted by molar-refractivity contribution is 5.88. The van der Waals surface area contributed by atoms with E-state index >= 15 is 0 Å². The summed E-state index contributed by atoms with van der Waals surface area (Å²) in [7, 11) is 0. The van der Waals surface area contributed by atoms with Gasteiger partial charge in [-0.3, -0.25) is 4.79 Å². The van der Waals surface area contributed by atoms with E-state index in [0.29, 0.717) is 31.9 Å². The van der Waals surface area contributed by atoms with Crippen molar-refractivity contribution >= 4 is 17.1 Å². The molecule has 1 aliphatic rings. The van der Waals surface area contributed by atoms with Crippen molar-refractivity contribution in [3.8, 4) is 28.4 Å². The van der Waals surface area contributed by atoms with Crippen LogP contribution in [0.3, 0.4) is 0 Å². The van der Waals surface area contributed by atoms with Gasteiger partial charge in [0, 0.05) is 25.2 Å². The van der Waals surface area contributed by atoms with Gasteiger partial charge in [0.15, 0.2) is 0 Å².